The summed E-state index contributed by atoms with van der Waals surface area (Å²) in [4.78, 5) is 12.7. The molecule has 0 saturated heterocycles. The fraction of sp³-hybridized carbons (Fsp3) is 0.240. The van der Waals surface area contributed by atoms with Gasteiger partial charge in [0.15, 0.2) is 9.84 Å². The van der Waals surface area contributed by atoms with Crippen LogP contribution in [0.1, 0.15) is 18.4 Å². The van der Waals surface area contributed by atoms with Gasteiger partial charge in [0.2, 0.25) is 5.91 Å². The van der Waals surface area contributed by atoms with E-state index < -0.39 is 16.2 Å². The SMILES string of the molecule is O=C(Cc1ccc(S(=O)(=O)CC2CC2)cc1)Nc1ccc(-c2ccccc2OC(F)(F)F)c(Cl)c1. The van der Waals surface area contributed by atoms with Crippen molar-refractivity contribution in [3.63, 3.8) is 0 Å². The maximum Gasteiger partial charge on any atom is 0.573 e. The van der Waals surface area contributed by atoms with Gasteiger partial charge in [-0.25, -0.2) is 8.42 Å². The molecule has 0 radical (unpaired) electrons. The van der Waals surface area contributed by atoms with Crippen LogP contribution in [-0.2, 0) is 21.1 Å². The third-order valence-corrected chi connectivity index (χ3v) is 7.67. The predicted octanol–water partition coefficient (Wildman–Crippen LogP) is 6.27. The number of amides is 1. The average Bonchev–Trinajstić information content (AvgIpc) is 3.57. The van der Waals surface area contributed by atoms with Gasteiger partial charge in [-0.15, -0.1) is 13.2 Å². The first-order valence-corrected chi connectivity index (χ1v) is 12.8. The molecule has 0 bridgehead atoms. The highest BCUT2D eigenvalue weighted by atomic mass is 35.5. The molecular weight excluding hydrogens is 503 g/mol. The lowest BCUT2D eigenvalue weighted by Crippen LogP contribution is -2.17. The van der Waals surface area contributed by atoms with E-state index in [2.05, 4.69) is 10.1 Å². The van der Waals surface area contributed by atoms with Crippen LogP contribution in [0.15, 0.2) is 71.6 Å². The van der Waals surface area contributed by atoms with Crippen molar-refractivity contribution < 1.29 is 31.1 Å². The molecule has 1 saturated carbocycles. The lowest BCUT2D eigenvalue weighted by atomic mass is 10.0. The van der Waals surface area contributed by atoms with E-state index in [0.717, 1.165) is 12.8 Å². The first-order valence-electron chi connectivity index (χ1n) is 10.8. The van der Waals surface area contributed by atoms with Gasteiger partial charge < -0.3 is 10.1 Å². The minimum absolute atomic E-state index is 0.00454. The maximum absolute atomic E-state index is 12.7. The molecule has 5 nitrogen and oxygen atoms in total. The number of alkyl halides is 3. The van der Waals surface area contributed by atoms with E-state index in [1.165, 1.54) is 48.5 Å². The van der Waals surface area contributed by atoms with Gasteiger partial charge in [0.1, 0.15) is 5.75 Å². The molecule has 35 heavy (non-hydrogen) atoms. The number of carbonyl (C=O) groups is 1. The number of benzene rings is 3. The van der Waals surface area contributed by atoms with Crippen molar-refractivity contribution >= 4 is 33.0 Å². The maximum atomic E-state index is 12.7. The van der Waals surface area contributed by atoms with Crippen molar-refractivity contribution in [2.45, 2.75) is 30.5 Å². The number of sulfone groups is 1. The van der Waals surface area contributed by atoms with Gasteiger partial charge in [-0.3, -0.25) is 4.79 Å². The minimum atomic E-state index is -4.85. The zero-order valence-corrected chi connectivity index (χ0v) is 19.9. The molecule has 0 aliphatic heterocycles. The van der Waals surface area contributed by atoms with E-state index in [4.69, 9.17) is 11.6 Å². The fourth-order valence-electron chi connectivity index (χ4n) is 3.61. The molecule has 3 aromatic rings. The van der Waals surface area contributed by atoms with E-state index in [1.807, 2.05) is 0 Å². The molecule has 1 aliphatic carbocycles. The second-order valence-electron chi connectivity index (χ2n) is 8.33. The van der Waals surface area contributed by atoms with E-state index in [0.29, 0.717) is 16.8 Å². The molecule has 1 N–H and O–H groups in total. The molecule has 184 valence electrons. The zero-order valence-electron chi connectivity index (χ0n) is 18.3. The largest absolute Gasteiger partial charge is 0.573 e. The number of carbonyl (C=O) groups excluding carboxylic acids is 1. The van der Waals surface area contributed by atoms with Crippen LogP contribution in [-0.4, -0.2) is 26.4 Å². The van der Waals surface area contributed by atoms with Crippen molar-refractivity contribution in [2.24, 2.45) is 5.92 Å². The molecule has 1 fully saturated rings. The quantitative estimate of drug-likeness (QED) is 0.377. The summed E-state index contributed by atoms with van der Waals surface area (Å²) in [7, 11) is -3.32. The normalized spacial score (nSPS) is 13.9. The Hall–Kier alpha value is -3.04. The number of halogens is 4. The van der Waals surface area contributed by atoms with Gasteiger partial charge >= 0.3 is 6.36 Å². The van der Waals surface area contributed by atoms with Crippen LogP contribution < -0.4 is 10.1 Å². The van der Waals surface area contributed by atoms with Crippen LogP contribution in [0.4, 0.5) is 18.9 Å². The summed E-state index contributed by atoms with van der Waals surface area (Å²) in [5.74, 6) is -0.352. The van der Waals surface area contributed by atoms with E-state index >= 15 is 0 Å². The highest BCUT2D eigenvalue weighted by Gasteiger charge is 2.32. The van der Waals surface area contributed by atoms with Gasteiger partial charge in [-0.2, -0.15) is 0 Å². The molecule has 10 heteroatoms. The minimum Gasteiger partial charge on any atom is -0.405 e. The Bertz CT molecular complexity index is 1340. The molecule has 0 unspecified atom stereocenters. The molecule has 0 atom stereocenters. The topological polar surface area (TPSA) is 72.5 Å². The summed E-state index contributed by atoms with van der Waals surface area (Å²) in [5, 5.41) is 2.82. The summed E-state index contributed by atoms with van der Waals surface area (Å²) in [6.45, 7) is 0. The number of hydrogen-bond acceptors (Lipinski definition) is 4. The van der Waals surface area contributed by atoms with Crippen molar-refractivity contribution in [1.29, 1.82) is 0 Å². The molecule has 1 amide bonds. The summed E-state index contributed by atoms with van der Waals surface area (Å²) in [5.41, 5.74) is 1.47. The monoisotopic (exact) mass is 523 g/mol. The fourth-order valence-corrected chi connectivity index (χ4v) is 5.59. The molecule has 1 aliphatic rings. The number of para-hydroxylation sites is 1. The Labute approximate surface area is 205 Å². The summed E-state index contributed by atoms with van der Waals surface area (Å²) in [6.07, 6.45) is -2.96. The summed E-state index contributed by atoms with van der Waals surface area (Å²) in [6, 6.07) is 16.3. The lowest BCUT2D eigenvalue weighted by molar-refractivity contribution is -0.274. The Morgan fingerprint density at radius 1 is 1.00 bits per heavy atom. The Morgan fingerprint density at radius 2 is 1.69 bits per heavy atom. The van der Waals surface area contributed by atoms with Crippen molar-refractivity contribution in [1.82, 2.24) is 0 Å². The molecule has 3 aromatic carbocycles. The number of nitrogens with one attached hydrogen (secondary N) is 1. The summed E-state index contributed by atoms with van der Waals surface area (Å²) < 4.78 is 67.0. The van der Waals surface area contributed by atoms with Gasteiger partial charge in [0.05, 0.1) is 22.1 Å². The molecule has 0 aromatic heterocycles. The Balaban J connectivity index is 1.42. The Morgan fingerprint density at radius 3 is 2.31 bits per heavy atom. The van der Waals surface area contributed by atoms with Crippen LogP contribution in [0.2, 0.25) is 5.02 Å². The van der Waals surface area contributed by atoms with Gasteiger partial charge in [0.25, 0.3) is 0 Å². The van der Waals surface area contributed by atoms with Gasteiger partial charge in [0, 0.05) is 16.8 Å². The lowest BCUT2D eigenvalue weighted by Gasteiger charge is -2.15. The van der Waals surface area contributed by atoms with Crippen molar-refractivity contribution in [2.75, 3.05) is 11.1 Å². The number of anilines is 1. The molecule has 0 heterocycles. The third-order valence-electron chi connectivity index (χ3n) is 5.45. The predicted molar refractivity (Wildman–Crippen MR) is 127 cm³/mol. The smallest absolute Gasteiger partial charge is 0.405 e. The molecular formula is C25H21ClF3NO4S. The summed E-state index contributed by atoms with van der Waals surface area (Å²) >= 11 is 6.31. The first-order chi connectivity index (χ1) is 16.5. The average molecular weight is 524 g/mol. The van der Waals surface area contributed by atoms with Gasteiger partial charge in [-0.05, 0) is 54.7 Å². The van der Waals surface area contributed by atoms with E-state index in [1.54, 1.807) is 18.2 Å². The van der Waals surface area contributed by atoms with E-state index in [-0.39, 0.29) is 45.2 Å². The van der Waals surface area contributed by atoms with Crippen LogP contribution in [0, 0.1) is 5.92 Å². The highest BCUT2D eigenvalue weighted by molar-refractivity contribution is 7.91. The molecule has 4 rings (SSSR count). The Kier molecular flexibility index (Phi) is 7.10. The zero-order chi connectivity index (χ0) is 25.2. The number of rotatable bonds is 8. The van der Waals surface area contributed by atoms with Crippen molar-refractivity contribution in [3.8, 4) is 16.9 Å². The van der Waals surface area contributed by atoms with Crippen molar-refractivity contribution in [3.05, 3.63) is 77.3 Å². The van der Waals surface area contributed by atoms with Crippen LogP contribution in [0.25, 0.3) is 11.1 Å². The second kappa shape index (κ2) is 9.91. The van der Waals surface area contributed by atoms with Crippen LogP contribution in [0.3, 0.4) is 0 Å². The van der Waals surface area contributed by atoms with Crippen LogP contribution >= 0.6 is 11.6 Å². The van der Waals surface area contributed by atoms with Gasteiger partial charge in [-0.1, -0.05) is 48.0 Å². The second-order valence-corrected chi connectivity index (χ2v) is 10.8. The first kappa shape index (κ1) is 25.1. The van der Waals surface area contributed by atoms with E-state index in [9.17, 15) is 26.4 Å². The third kappa shape index (κ3) is 6.76. The molecule has 0 spiro atoms. The standard InChI is InChI=1S/C25H21ClF3NO4S/c26-22-14-18(9-12-20(22)21-3-1-2-4-23(21)34-25(27,28)29)30-24(31)13-16-7-10-19(11-8-16)35(32,33)15-17-5-6-17/h1-4,7-12,14,17H,5-6,13,15H2,(H,30,31). The number of hydrogen-bond donors (Lipinski definition) is 1. The number of ether oxygens (including phenoxy) is 1. The van der Waals surface area contributed by atoms with Crippen LogP contribution in [0.5, 0.6) is 5.75 Å². The highest BCUT2D eigenvalue weighted by Crippen LogP contribution is 2.38.